The molecular weight excluding hydrogens is 498 g/mol. The molecule has 11 nitrogen and oxygen atoms in total. The second kappa shape index (κ2) is 12.1. The van der Waals surface area contributed by atoms with Crippen molar-refractivity contribution in [1.29, 1.82) is 0 Å². The maximum absolute atomic E-state index is 13.4. The number of hydrogen-bond donors (Lipinski definition) is 3. The molecule has 4 heterocycles. The van der Waals surface area contributed by atoms with E-state index in [4.69, 9.17) is 4.74 Å². The maximum atomic E-state index is 13.4. The Morgan fingerprint density at radius 3 is 2.59 bits per heavy atom. The number of rotatable bonds is 2. The first-order valence-electron chi connectivity index (χ1n) is 13.2. The number of aromatic nitrogens is 3. The number of carbonyl (C=O) groups excluding carboxylic acids is 3. The van der Waals surface area contributed by atoms with Crippen molar-refractivity contribution in [2.45, 2.75) is 50.5 Å². The number of ether oxygens (including phenoxy) is 1. The second-order valence-corrected chi connectivity index (χ2v) is 10.1. The van der Waals surface area contributed by atoms with Gasteiger partial charge in [-0.05, 0) is 36.7 Å². The number of nitrogens with zero attached hydrogens (tertiary/aromatic N) is 4. The minimum absolute atomic E-state index is 0.103. The largest absolute Gasteiger partial charge is 0.492 e. The predicted octanol–water partition coefficient (Wildman–Crippen LogP) is 0.446. The molecule has 3 aromatic rings. The number of fused-ring (bicyclic) bond motifs is 11. The quantitative estimate of drug-likeness (QED) is 0.438. The zero-order chi connectivity index (χ0) is 27.2. The lowest BCUT2D eigenvalue weighted by atomic mass is 10.0. The molecule has 3 aliphatic heterocycles. The molecule has 6 bridgehead atoms. The average Bonchev–Trinajstić information content (AvgIpc) is 3.53. The van der Waals surface area contributed by atoms with Crippen LogP contribution in [0.15, 0.2) is 60.8 Å². The van der Waals surface area contributed by atoms with Crippen molar-refractivity contribution in [3.05, 3.63) is 77.6 Å². The molecule has 1 saturated heterocycles. The van der Waals surface area contributed by atoms with Gasteiger partial charge in [0.2, 0.25) is 17.7 Å². The van der Waals surface area contributed by atoms with Gasteiger partial charge >= 0.3 is 0 Å². The third-order valence-electron chi connectivity index (χ3n) is 7.04. The van der Waals surface area contributed by atoms with E-state index in [-0.39, 0.29) is 36.7 Å². The highest BCUT2D eigenvalue weighted by molar-refractivity contribution is 5.90. The first-order chi connectivity index (χ1) is 18.9. The lowest BCUT2D eigenvalue weighted by Gasteiger charge is -2.23. The summed E-state index contributed by atoms with van der Waals surface area (Å²) in [4.78, 5) is 41.2. The molecule has 39 heavy (non-hydrogen) atoms. The van der Waals surface area contributed by atoms with Crippen LogP contribution in [-0.2, 0) is 40.3 Å². The molecule has 1 aromatic heterocycles. The number of likely N-dealkylation sites (N-methyl/N-ethyl adjacent to an activating group) is 1. The van der Waals surface area contributed by atoms with Gasteiger partial charge in [-0.2, -0.15) is 0 Å². The van der Waals surface area contributed by atoms with E-state index in [1.165, 1.54) is 0 Å². The zero-order valence-corrected chi connectivity index (χ0v) is 21.9. The fourth-order valence-electron chi connectivity index (χ4n) is 4.99. The number of benzene rings is 2. The maximum Gasteiger partial charge on any atom is 0.243 e. The van der Waals surface area contributed by atoms with Crippen LogP contribution in [0.3, 0.4) is 0 Å². The van der Waals surface area contributed by atoms with Crippen molar-refractivity contribution < 1.29 is 19.1 Å². The molecule has 3 atom stereocenters. The molecule has 0 saturated carbocycles. The summed E-state index contributed by atoms with van der Waals surface area (Å²) in [5.74, 6) is 0.0491. The highest BCUT2D eigenvalue weighted by Gasteiger charge is 2.36. The Hall–Kier alpha value is -4.25. The number of carbonyl (C=O) groups is 3. The predicted molar refractivity (Wildman–Crippen MR) is 143 cm³/mol. The normalized spacial score (nSPS) is 23.1. The second-order valence-electron chi connectivity index (χ2n) is 10.1. The van der Waals surface area contributed by atoms with Gasteiger partial charge in [-0.15, -0.1) is 5.10 Å². The van der Waals surface area contributed by atoms with Crippen LogP contribution in [0.25, 0.3) is 0 Å². The third kappa shape index (κ3) is 6.99. The molecular formula is C28H33N7O4. The molecule has 2 aromatic carbocycles. The third-order valence-corrected chi connectivity index (χ3v) is 7.04. The van der Waals surface area contributed by atoms with E-state index in [1.807, 2.05) is 66.5 Å². The standard InChI is InChI=1S/C28H33N7O4/c1-34-17-21-15-25(34)28(38)31-24(13-19-5-3-2-4-6-19)27(37)29-16-22-18-35(33-32-22)11-12-39-23-9-7-20(8-10-23)14-26(36)30-21/h2-10,18,21,24-25H,11-17H2,1H3,(H,29,37)(H,30,36)(H,31,38)/t21-,24-,25-/m0/s1. The van der Waals surface area contributed by atoms with E-state index >= 15 is 0 Å². The van der Waals surface area contributed by atoms with Gasteiger partial charge in [0.1, 0.15) is 24.1 Å². The Balaban J connectivity index is 1.34. The summed E-state index contributed by atoms with van der Waals surface area (Å²) in [6.45, 7) is 1.59. The van der Waals surface area contributed by atoms with Gasteiger partial charge in [-0.1, -0.05) is 47.7 Å². The van der Waals surface area contributed by atoms with E-state index in [0.717, 1.165) is 11.1 Å². The molecule has 3 aliphatic rings. The van der Waals surface area contributed by atoms with Crippen molar-refractivity contribution in [3.8, 4) is 5.75 Å². The van der Waals surface area contributed by atoms with Crippen LogP contribution in [0, 0.1) is 0 Å². The zero-order valence-electron chi connectivity index (χ0n) is 21.9. The Morgan fingerprint density at radius 2 is 1.79 bits per heavy atom. The van der Waals surface area contributed by atoms with E-state index in [1.54, 1.807) is 10.9 Å². The van der Waals surface area contributed by atoms with Crippen LogP contribution in [0.1, 0.15) is 23.2 Å². The summed E-state index contributed by atoms with van der Waals surface area (Å²) in [6.07, 6.45) is 2.80. The van der Waals surface area contributed by atoms with Gasteiger partial charge in [0.15, 0.2) is 0 Å². The molecule has 0 aliphatic carbocycles. The number of hydrogen-bond acceptors (Lipinski definition) is 7. The van der Waals surface area contributed by atoms with Crippen molar-refractivity contribution in [1.82, 2.24) is 35.8 Å². The van der Waals surface area contributed by atoms with E-state index in [0.29, 0.717) is 44.0 Å². The first-order valence-corrected chi connectivity index (χ1v) is 13.2. The lowest BCUT2D eigenvalue weighted by molar-refractivity contribution is -0.131. The minimum atomic E-state index is -0.772. The lowest BCUT2D eigenvalue weighted by Crippen LogP contribution is -2.52. The molecule has 204 valence electrons. The molecule has 11 heteroatoms. The van der Waals surface area contributed by atoms with Crippen LogP contribution in [0.5, 0.6) is 5.75 Å². The highest BCUT2D eigenvalue weighted by atomic mass is 16.5. The SMILES string of the molecule is CN1C[C@@H]2C[C@H]1C(=O)N[C@@H](Cc1ccccc1)C(=O)NCc1cn(nn1)CCOc1ccc(cc1)CC(=O)N2. The van der Waals surface area contributed by atoms with Crippen LogP contribution < -0.4 is 20.7 Å². The van der Waals surface area contributed by atoms with Crippen molar-refractivity contribution in [3.63, 3.8) is 0 Å². The Bertz CT molecular complexity index is 1290. The molecule has 0 radical (unpaired) electrons. The number of likely N-dealkylation sites (tertiary alicyclic amines) is 1. The summed E-state index contributed by atoms with van der Waals surface area (Å²) in [6, 6.07) is 15.6. The topological polar surface area (TPSA) is 130 Å². The molecule has 3 N–H and O–H groups in total. The molecule has 1 fully saturated rings. The first kappa shape index (κ1) is 26.4. The summed E-state index contributed by atoms with van der Waals surface area (Å²) < 4.78 is 7.46. The fourth-order valence-corrected chi connectivity index (χ4v) is 4.99. The molecule has 0 unspecified atom stereocenters. The van der Waals surface area contributed by atoms with Crippen LogP contribution in [-0.4, -0.2) is 75.9 Å². The molecule has 0 spiro atoms. The van der Waals surface area contributed by atoms with Crippen LogP contribution in [0.4, 0.5) is 0 Å². The van der Waals surface area contributed by atoms with Gasteiger partial charge < -0.3 is 20.7 Å². The summed E-state index contributed by atoms with van der Waals surface area (Å²) in [7, 11) is 1.85. The van der Waals surface area contributed by atoms with Gasteiger partial charge in [0.05, 0.1) is 31.7 Å². The van der Waals surface area contributed by atoms with Gasteiger partial charge in [-0.3, -0.25) is 19.3 Å². The van der Waals surface area contributed by atoms with Crippen molar-refractivity contribution >= 4 is 17.7 Å². The average molecular weight is 532 g/mol. The monoisotopic (exact) mass is 531 g/mol. The van der Waals surface area contributed by atoms with Crippen LogP contribution in [0.2, 0.25) is 0 Å². The van der Waals surface area contributed by atoms with Gasteiger partial charge in [0, 0.05) is 19.0 Å². The van der Waals surface area contributed by atoms with Crippen LogP contribution >= 0.6 is 0 Å². The number of amides is 3. The van der Waals surface area contributed by atoms with Gasteiger partial charge in [0.25, 0.3) is 0 Å². The summed E-state index contributed by atoms with van der Waals surface area (Å²) >= 11 is 0. The Kier molecular flexibility index (Phi) is 8.16. The van der Waals surface area contributed by atoms with Crippen molar-refractivity contribution in [2.24, 2.45) is 0 Å². The van der Waals surface area contributed by atoms with Gasteiger partial charge in [-0.25, -0.2) is 4.68 Å². The smallest absolute Gasteiger partial charge is 0.243 e. The van der Waals surface area contributed by atoms with Crippen molar-refractivity contribution in [2.75, 3.05) is 20.2 Å². The minimum Gasteiger partial charge on any atom is -0.492 e. The summed E-state index contributed by atoms with van der Waals surface area (Å²) in [5.41, 5.74) is 2.41. The fraction of sp³-hybridized carbons (Fsp3) is 0.393. The molecule has 6 rings (SSSR count). The van der Waals surface area contributed by atoms with E-state index in [9.17, 15) is 14.4 Å². The number of nitrogens with one attached hydrogen (secondary N) is 3. The highest BCUT2D eigenvalue weighted by Crippen LogP contribution is 2.18. The van der Waals surface area contributed by atoms with E-state index < -0.39 is 12.1 Å². The molecule has 3 amide bonds. The summed E-state index contributed by atoms with van der Waals surface area (Å²) in [5, 5.41) is 17.2. The Labute approximate surface area is 226 Å². The Morgan fingerprint density at radius 1 is 1.00 bits per heavy atom. The van der Waals surface area contributed by atoms with E-state index in [2.05, 4.69) is 26.3 Å².